The van der Waals surface area contributed by atoms with Gasteiger partial charge in [-0.15, -0.1) is 0 Å². The summed E-state index contributed by atoms with van der Waals surface area (Å²) >= 11 is 0. The molecule has 0 saturated heterocycles. The molecule has 5 nitrogen and oxygen atoms in total. The lowest BCUT2D eigenvalue weighted by molar-refractivity contribution is 0.0528. The van der Waals surface area contributed by atoms with Crippen LogP contribution < -0.4 is 14.2 Å². The molecule has 0 radical (unpaired) electrons. The van der Waals surface area contributed by atoms with E-state index in [9.17, 15) is 5.11 Å². The number of aliphatic hydroxyl groups is 1. The van der Waals surface area contributed by atoms with Crippen LogP contribution in [0.15, 0.2) is 72.8 Å². The van der Waals surface area contributed by atoms with Crippen molar-refractivity contribution >= 4 is 0 Å². The quantitative estimate of drug-likeness (QED) is 0.507. The largest absolute Gasteiger partial charge is 0.497 e. The zero-order valence-corrected chi connectivity index (χ0v) is 20.7. The summed E-state index contributed by atoms with van der Waals surface area (Å²) in [6, 6.07) is 24.9. The van der Waals surface area contributed by atoms with E-state index in [1.54, 1.807) is 7.11 Å². The number of fused-ring (bicyclic) bond motifs is 1. The van der Waals surface area contributed by atoms with Gasteiger partial charge in [0.1, 0.15) is 35.6 Å². The highest BCUT2D eigenvalue weighted by atomic mass is 16.5. The van der Waals surface area contributed by atoms with E-state index in [-0.39, 0.29) is 18.4 Å². The van der Waals surface area contributed by atoms with Crippen molar-refractivity contribution in [1.82, 2.24) is 4.90 Å². The molecular weight excluding hydrogens is 426 g/mol. The lowest BCUT2D eigenvalue weighted by Crippen LogP contribution is -2.43. The molecule has 0 aromatic heterocycles. The third kappa shape index (κ3) is 5.21. The number of aliphatic hydroxyl groups excluding tert-OH is 1. The van der Waals surface area contributed by atoms with Crippen molar-refractivity contribution in [2.45, 2.75) is 37.4 Å². The van der Waals surface area contributed by atoms with Gasteiger partial charge in [-0.05, 0) is 57.3 Å². The maximum atomic E-state index is 10.1. The van der Waals surface area contributed by atoms with Gasteiger partial charge in [-0.25, -0.2) is 0 Å². The molecule has 0 unspecified atom stereocenters. The summed E-state index contributed by atoms with van der Waals surface area (Å²) in [7, 11) is 5.54. The van der Waals surface area contributed by atoms with Crippen LogP contribution in [0, 0.1) is 0 Å². The molecule has 0 amide bonds. The maximum Gasteiger partial charge on any atom is 0.127 e. The second-order valence-corrected chi connectivity index (χ2v) is 9.77. The smallest absolute Gasteiger partial charge is 0.127 e. The highest BCUT2D eigenvalue weighted by Crippen LogP contribution is 2.53. The number of rotatable bonds is 8. The van der Waals surface area contributed by atoms with Gasteiger partial charge in [0.25, 0.3) is 0 Å². The Bertz CT molecular complexity index is 1080. The fourth-order valence-corrected chi connectivity index (χ4v) is 4.98. The van der Waals surface area contributed by atoms with Gasteiger partial charge in [0, 0.05) is 30.0 Å². The number of hydrogen-bond acceptors (Lipinski definition) is 5. The summed E-state index contributed by atoms with van der Waals surface area (Å²) in [6.07, 6.45) is -0.532. The first-order valence-corrected chi connectivity index (χ1v) is 11.8. The summed E-state index contributed by atoms with van der Waals surface area (Å²) in [5.41, 5.74) is 3.14. The molecule has 3 atom stereocenters. The Morgan fingerprint density at radius 1 is 0.941 bits per heavy atom. The molecule has 1 N–H and O–H groups in total. The van der Waals surface area contributed by atoms with Crippen LogP contribution in [0.2, 0.25) is 0 Å². The molecule has 0 fully saturated rings. The highest BCUT2D eigenvalue weighted by Gasteiger charge is 2.45. The van der Waals surface area contributed by atoms with Crippen molar-refractivity contribution in [1.29, 1.82) is 0 Å². The number of methoxy groups -OCH3 is 1. The van der Waals surface area contributed by atoms with E-state index in [0.29, 0.717) is 6.54 Å². The second-order valence-electron chi connectivity index (χ2n) is 9.77. The van der Waals surface area contributed by atoms with E-state index in [1.165, 1.54) is 11.1 Å². The minimum Gasteiger partial charge on any atom is -0.497 e. The molecule has 0 spiro atoms. The lowest BCUT2D eigenvalue weighted by atomic mass is 9.68. The zero-order chi connectivity index (χ0) is 24.3. The van der Waals surface area contributed by atoms with Gasteiger partial charge < -0.3 is 24.2 Å². The first-order valence-electron chi connectivity index (χ1n) is 11.8. The number of benzene rings is 3. The van der Waals surface area contributed by atoms with Crippen LogP contribution in [0.1, 0.15) is 42.4 Å². The fourth-order valence-electron chi connectivity index (χ4n) is 4.98. The Labute approximate surface area is 202 Å². The standard InChI is InChI=1S/C29H35NO4/c1-29(2)28(21-9-7-6-8-10-21)27(25-16-15-24(32-5)17-26(25)34-29)20-11-13-23(14-12-20)33-19-22(31)18-30(3)4/h6-17,22,27-28,31H,18-19H2,1-5H3/t22-,27+,28-/m0/s1. The monoisotopic (exact) mass is 461 g/mol. The molecule has 34 heavy (non-hydrogen) atoms. The molecule has 4 rings (SSSR count). The molecule has 0 saturated carbocycles. The molecule has 180 valence electrons. The Morgan fingerprint density at radius 3 is 2.26 bits per heavy atom. The van der Waals surface area contributed by atoms with Gasteiger partial charge in [0.05, 0.1) is 7.11 Å². The van der Waals surface area contributed by atoms with Gasteiger partial charge in [0.2, 0.25) is 0 Å². The Hall–Kier alpha value is -3.02. The van der Waals surface area contributed by atoms with Crippen LogP contribution in [0.5, 0.6) is 17.2 Å². The average molecular weight is 462 g/mol. The van der Waals surface area contributed by atoms with Gasteiger partial charge in [0.15, 0.2) is 0 Å². The summed E-state index contributed by atoms with van der Waals surface area (Å²) in [5, 5.41) is 10.1. The van der Waals surface area contributed by atoms with Gasteiger partial charge in [-0.2, -0.15) is 0 Å². The van der Waals surface area contributed by atoms with Crippen LogP contribution in [0.25, 0.3) is 0 Å². The second kappa shape index (κ2) is 10.1. The number of hydrogen-bond donors (Lipinski definition) is 1. The Morgan fingerprint density at radius 2 is 1.62 bits per heavy atom. The minimum absolute atomic E-state index is 0.0976. The van der Waals surface area contributed by atoms with Crippen molar-refractivity contribution in [2.75, 3.05) is 34.4 Å². The summed E-state index contributed by atoms with van der Waals surface area (Å²) < 4.78 is 17.9. The predicted molar refractivity (Wildman–Crippen MR) is 135 cm³/mol. The first kappa shape index (κ1) is 24.1. The Kier molecular flexibility index (Phi) is 7.15. The summed E-state index contributed by atoms with van der Waals surface area (Å²) in [4.78, 5) is 1.94. The summed E-state index contributed by atoms with van der Waals surface area (Å²) in [5.74, 6) is 2.60. The molecule has 3 aromatic carbocycles. The normalized spacial score (nSPS) is 19.7. The van der Waals surface area contributed by atoms with Crippen LogP contribution in [-0.4, -0.2) is 56.1 Å². The average Bonchev–Trinajstić information content (AvgIpc) is 2.81. The summed E-state index contributed by atoms with van der Waals surface area (Å²) in [6.45, 7) is 5.14. The van der Waals surface area contributed by atoms with Crippen molar-refractivity contribution in [3.05, 3.63) is 89.5 Å². The van der Waals surface area contributed by atoms with E-state index in [1.807, 2.05) is 49.3 Å². The van der Waals surface area contributed by atoms with Gasteiger partial charge in [-0.3, -0.25) is 0 Å². The number of likely N-dealkylation sites (N-methyl/N-ethyl adjacent to an activating group) is 1. The fraction of sp³-hybridized carbons (Fsp3) is 0.379. The van der Waals surface area contributed by atoms with E-state index in [2.05, 4.69) is 56.3 Å². The Balaban J connectivity index is 1.69. The van der Waals surface area contributed by atoms with Crippen molar-refractivity contribution in [3.63, 3.8) is 0 Å². The van der Waals surface area contributed by atoms with Crippen LogP contribution in [-0.2, 0) is 0 Å². The lowest BCUT2D eigenvalue weighted by Gasteiger charge is -2.45. The first-order chi connectivity index (χ1) is 16.3. The molecule has 5 heteroatoms. The topological polar surface area (TPSA) is 51.2 Å². The van der Waals surface area contributed by atoms with E-state index < -0.39 is 11.7 Å². The zero-order valence-electron chi connectivity index (χ0n) is 20.7. The van der Waals surface area contributed by atoms with Gasteiger partial charge in [-0.1, -0.05) is 48.5 Å². The third-order valence-corrected chi connectivity index (χ3v) is 6.43. The number of nitrogens with zero attached hydrogens (tertiary/aromatic N) is 1. The van der Waals surface area contributed by atoms with Crippen molar-refractivity contribution < 1.29 is 19.3 Å². The molecule has 1 aliphatic rings. The van der Waals surface area contributed by atoms with E-state index >= 15 is 0 Å². The van der Waals surface area contributed by atoms with Crippen molar-refractivity contribution in [2.24, 2.45) is 0 Å². The van der Waals surface area contributed by atoms with Crippen molar-refractivity contribution in [3.8, 4) is 17.2 Å². The van der Waals surface area contributed by atoms with Crippen LogP contribution in [0.3, 0.4) is 0 Å². The van der Waals surface area contributed by atoms with Crippen LogP contribution in [0.4, 0.5) is 0 Å². The van der Waals surface area contributed by atoms with E-state index in [4.69, 9.17) is 14.2 Å². The third-order valence-electron chi connectivity index (χ3n) is 6.43. The SMILES string of the molecule is COc1ccc2c(c1)OC(C)(C)[C@@H](c1ccccc1)[C@@H]2c1ccc(OC[C@@H](O)CN(C)C)cc1. The molecular formula is C29H35NO4. The molecule has 1 aliphatic heterocycles. The van der Waals surface area contributed by atoms with E-state index in [0.717, 1.165) is 22.8 Å². The highest BCUT2D eigenvalue weighted by molar-refractivity contribution is 5.52. The molecule has 1 heterocycles. The molecule has 0 bridgehead atoms. The van der Waals surface area contributed by atoms with Crippen LogP contribution >= 0.6 is 0 Å². The predicted octanol–water partition coefficient (Wildman–Crippen LogP) is 5.08. The number of ether oxygens (including phenoxy) is 3. The minimum atomic E-state index is -0.532. The maximum absolute atomic E-state index is 10.1. The van der Waals surface area contributed by atoms with Gasteiger partial charge >= 0.3 is 0 Å². The molecule has 3 aromatic rings. The molecule has 0 aliphatic carbocycles.